The van der Waals surface area contributed by atoms with Gasteiger partial charge in [-0.15, -0.1) is 0 Å². The van der Waals surface area contributed by atoms with Gasteiger partial charge in [0, 0.05) is 17.2 Å². The minimum atomic E-state index is -0.730. The highest BCUT2D eigenvalue weighted by Crippen LogP contribution is 2.41. The molecule has 1 aromatic rings. The van der Waals surface area contributed by atoms with Crippen LogP contribution in [0.5, 0.6) is 5.75 Å². The summed E-state index contributed by atoms with van der Waals surface area (Å²) in [6.45, 7) is 13.3. The van der Waals surface area contributed by atoms with Crippen LogP contribution in [0.3, 0.4) is 0 Å². The van der Waals surface area contributed by atoms with Crippen LogP contribution in [0.25, 0.3) is 0 Å². The summed E-state index contributed by atoms with van der Waals surface area (Å²) in [5, 5.41) is 10.6. The van der Waals surface area contributed by atoms with Gasteiger partial charge in [0.25, 0.3) is 0 Å². The number of hydrogen-bond donors (Lipinski definition) is 3. The van der Waals surface area contributed by atoms with Gasteiger partial charge in [-0.3, -0.25) is 0 Å². The van der Waals surface area contributed by atoms with E-state index >= 15 is 0 Å². The summed E-state index contributed by atoms with van der Waals surface area (Å²) in [4.78, 5) is 0. The van der Waals surface area contributed by atoms with Crippen molar-refractivity contribution >= 4 is 0 Å². The number of benzene rings is 1. The molecular formula is C19H34N2O2. The molecule has 2 unspecified atom stereocenters. The van der Waals surface area contributed by atoms with Crippen molar-refractivity contribution in [1.29, 1.82) is 0 Å². The van der Waals surface area contributed by atoms with Crippen molar-refractivity contribution in [3.63, 3.8) is 0 Å². The van der Waals surface area contributed by atoms with Gasteiger partial charge in [-0.1, -0.05) is 41.5 Å². The number of nitrogens with two attached hydrogens (primary N) is 2. The summed E-state index contributed by atoms with van der Waals surface area (Å²) in [6.07, 6.45) is -0.144. The maximum Gasteiger partial charge on any atom is 0.126 e. The van der Waals surface area contributed by atoms with Crippen LogP contribution in [0.15, 0.2) is 12.1 Å². The molecule has 0 radical (unpaired) electrons. The molecule has 0 amide bonds. The van der Waals surface area contributed by atoms with Crippen LogP contribution >= 0.6 is 0 Å². The molecule has 2 atom stereocenters. The third-order valence-corrected chi connectivity index (χ3v) is 4.18. The van der Waals surface area contributed by atoms with Crippen molar-refractivity contribution < 1.29 is 9.84 Å². The van der Waals surface area contributed by atoms with Crippen molar-refractivity contribution in [3.8, 4) is 5.75 Å². The van der Waals surface area contributed by atoms with Gasteiger partial charge in [-0.25, -0.2) is 0 Å². The molecule has 0 aliphatic rings. The van der Waals surface area contributed by atoms with Crippen molar-refractivity contribution in [2.45, 2.75) is 70.9 Å². The number of hydrogen-bond acceptors (Lipinski definition) is 4. The second-order valence-electron chi connectivity index (χ2n) is 8.34. The first-order valence-corrected chi connectivity index (χ1v) is 8.30. The third kappa shape index (κ3) is 4.69. The summed E-state index contributed by atoms with van der Waals surface area (Å²) in [5.74, 6) is 0.897. The van der Waals surface area contributed by atoms with Gasteiger partial charge in [0.05, 0.1) is 13.2 Å². The minimum Gasteiger partial charge on any atom is -0.496 e. The summed E-state index contributed by atoms with van der Waals surface area (Å²) in [6, 6.07) is 3.68. The molecule has 0 saturated heterocycles. The van der Waals surface area contributed by atoms with E-state index in [4.69, 9.17) is 16.2 Å². The highest BCUT2D eigenvalue weighted by atomic mass is 16.5. The zero-order chi connectivity index (χ0) is 18.0. The zero-order valence-corrected chi connectivity index (χ0v) is 15.7. The number of aliphatic hydroxyl groups is 1. The predicted octanol–water partition coefficient (Wildman–Crippen LogP) is 3.00. The lowest BCUT2D eigenvalue weighted by molar-refractivity contribution is 0.142. The molecule has 0 aliphatic carbocycles. The van der Waals surface area contributed by atoms with E-state index in [-0.39, 0.29) is 16.9 Å². The summed E-state index contributed by atoms with van der Waals surface area (Å²) >= 11 is 0. The van der Waals surface area contributed by atoms with Crippen LogP contribution in [0.4, 0.5) is 0 Å². The number of rotatable bonds is 5. The first-order valence-electron chi connectivity index (χ1n) is 8.30. The molecule has 0 aromatic heterocycles. The van der Waals surface area contributed by atoms with Gasteiger partial charge in [-0.2, -0.15) is 0 Å². The van der Waals surface area contributed by atoms with Crippen LogP contribution in [-0.2, 0) is 10.8 Å². The SMILES string of the molecule is COc1c(C(C)(C)C)cc(C(O)C(N)CCN)cc1C(C)(C)C. The Morgan fingerprint density at radius 2 is 1.48 bits per heavy atom. The second-order valence-corrected chi connectivity index (χ2v) is 8.34. The molecule has 23 heavy (non-hydrogen) atoms. The lowest BCUT2D eigenvalue weighted by atomic mass is 9.77. The summed E-state index contributed by atoms with van der Waals surface area (Å²) in [7, 11) is 1.70. The zero-order valence-electron chi connectivity index (χ0n) is 15.7. The lowest BCUT2D eigenvalue weighted by Gasteiger charge is -2.31. The van der Waals surface area contributed by atoms with Crippen LogP contribution in [-0.4, -0.2) is 24.8 Å². The number of aliphatic hydroxyl groups excluding tert-OH is 1. The molecule has 0 heterocycles. The quantitative estimate of drug-likeness (QED) is 0.778. The molecule has 0 aliphatic heterocycles. The van der Waals surface area contributed by atoms with Gasteiger partial charge in [0.15, 0.2) is 0 Å². The van der Waals surface area contributed by atoms with E-state index in [1.165, 1.54) is 0 Å². The van der Waals surface area contributed by atoms with Crippen molar-refractivity contribution in [2.24, 2.45) is 11.5 Å². The molecule has 0 fully saturated rings. The number of ether oxygens (including phenoxy) is 1. The highest BCUT2D eigenvalue weighted by molar-refractivity contribution is 5.51. The smallest absolute Gasteiger partial charge is 0.126 e. The van der Waals surface area contributed by atoms with E-state index in [2.05, 4.69) is 41.5 Å². The average molecular weight is 322 g/mol. The van der Waals surface area contributed by atoms with E-state index in [0.717, 1.165) is 22.4 Å². The van der Waals surface area contributed by atoms with E-state index in [1.54, 1.807) is 7.11 Å². The molecule has 0 saturated carbocycles. The monoisotopic (exact) mass is 322 g/mol. The maximum absolute atomic E-state index is 10.6. The Morgan fingerprint density at radius 3 is 1.78 bits per heavy atom. The Bertz CT molecular complexity index is 492. The molecule has 0 spiro atoms. The normalized spacial score (nSPS) is 15.4. The highest BCUT2D eigenvalue weighted by Gasteiger charge is 2.29. The topological polar surface area (TPSA) is 81.5 Å². The fourth-order valence-electron chi connectivity index (χ4n) is 2.75. The van der Waals surface area contributed by atoms with E-state index < -0.39 is 6.10 Å². The Balaban J connectivity index is 3.56. The first kappa shape index (κ1) is 19.9. The van der Waals surface area contributed by atoms with Crippen molar-refractivity contribution in [1.82, 2.24) is 0 Å². The Hall–Kier alpha value is -1.10. The Morgan fingerprint density at radius 1 is 1.04 bits per heavy atom. The van der Waals surface area contributed by atoms with Crippen LogP contribution < -0.4 is 16.2 Å². The van der Waals surface area contributed by atoms with Crippen molar-refractivity contribution in [3.05, 3.63) is 28.8 Å². The van der Waals surface area contributed by atoms with E-state index in [9.17, 15) is 5.11 Å². The molecule has 4 nitrogen and oxygen atoms in total. The van der Waals surface area contributed by atoms with E-state index in [0.29, 0.717) is 13.0 Å². The number of methoxy groups -OCH3 is 1. The lowest BCUT2D eigenvalue weighted by Crippen LogP contribution is -2.31. The predicted molar refractivity (Wildman–Crippen MR) is 97.0 cm³/mol. The van der Waals surface area contributed by atoms with Gasteiger partial charge in [0.1, 0.15) is 5.75 Å². The third-order valence-electron chi connectivity index (χ3n) is 4.18. The molecule has 5 N–H and O–H groups in total. The first-order chi connectivity index (χ1) is 10.4. The van der Waals surface area contributed by atoms with Gasteiger partial charge in [0.2, 0.25) is 0 Å². The maximum atomic E-state index is 10.6. The fourth-order valence-corrected chi connectivity index (χ4v) is 2.75. The van der Waals surface area contributed by atoms with E-state index in [1.807, 2.05) is 12.1 Å². The van der Waals surface area contributed by atoms with Crippen LogP contribution in [0, 0.1) is 0 Å². The summed E-state index contributed by atoms with van der Waals surface area (Å²) < 4.78 is 5.74. The van der Waals surface area contributed by atoms with Crippen LogP contribution in [0.1, 0.15) is 70.8 Å². The van der Waals surface area contributed by atoms with Gasteiger partial charge in [-0.05, 0) is 41.5 Å². The molecule has 1 rings (SSSR count). The molecular weight excluding hydrogens is 288 g/mol. The van der Waals surface area contributed by atoms with Gasteiger partial charge >= 0.3 is 0 Å². The average Bonchev–Trinajstić information content (AvgIpc) is 2.43. The fraction of sp³-hybridized carbons (Fsp3) is 0.684. The van der Waals surface area contributed by atoms with Gasteiger partial charge < -0.3 is 21.3 Å². The van der Waals surface area contributed by atoms with Crippen molar-refractivity contribution in [2.75, 3.05) is 13.7 Å². The minimum absolute atomic E-state index is 0.0982. The Kier molecular flexibility index (Phi) is 6.25. The molecule has 0 bridgehead atoms. The van der Waals surface area contributed by atoms with Crippen LogP contribution in [0.2, 0.25) is 0 Å². The summed E-state index contributed by atoms with van der Waals surface area (Å²) in [5.41, 5.74) is 14.5. The molecule has 1 aromatic carbocycles. The standard InChI is InChI=1S/C19H34N2O2/c1-18(2,3)13-10-12(16(22)15(21)8-9-20)11-14(17(13)23-7)19(4,5)6/h10-11,15-16,22H,8-9,20-21H2,1-7H3. The largest absolute Gasteiger partial charge is 0.496 e. The molecule has 4 heteroatoms. The second kappa shape index (κ2) is 7.20. The Labute approximate surface area is 141 Å². The molecule has 132 valence electrons.